The SMILES string of the molecule is Cc1cc(=O)oc2c(CN3CCc4ccccc4C3)c(OC(=O)c3ccccc3)ccc12. The number of carbonyl (C=O) groups is 1. The van der Waals surface area contributed by atoms with Crippen molar-refractivity contribution in [3.8, 4) is 5.75 Å². The van der Waals surface area contributed by atoms with Crippen molar-refractivity contribution < 1.29 is 13.9 Å². The lowest BCUT2D eigenvalue weighted by Crippen LogP contribution is -2.30. The normalized spacial score (nSPS) is 13.7. The van der Waals surface area contributed by atoms with E-state index < -0.39 is 11.6 Å². The Labute approximate surface area is 185 Å². The molecule has 0 bridgehead atoms. The summed E-state index contributed by atoms with van der Waals surface area (Å²) in [6.07, 6.45) is 0.947. The van der Waals surface area contributed by atoms with Crippen LogP contribution in [0.3, 0.4) is 0 Å². The molecule has 0 unspecified atom stereocenters. The summed E-state index contributed by atoms with van der Waals surface area (Å²) in [7, 11) is 0. The van der Waals surface area contributed by atoms with Gasteiger partial charge in [-0.15, -0.1) is 0 Å². The van der Waals surface area contributed by atoms with Gasteiger partial charge in [-0.3, -0.25) is 4.90 Å². The average molecular weight is 425 g/mol. The monoisotopic (exact) mass is 425 g/mol. The fourth-order valence-electron chi connectivity index (χ4n) is 4.31. The molecule has 5 nitrogen and oxygen atoms in total. The molecule has 0 N–H and O–H groups in total. The lowest BCUT2D eigenvalue weighted by atomic mass is 9.99. The molecule has 5 heteroatoms. The van der Waals surface area contributed by atoms with Crippen molar-refractivity contribution in [3.05, 3.63) is 111 Å². The van der Waals surface area contributed by atoms with Gasteiger partial charge in [0.25, 0.3) is 0 Å². The predicted octanol–water partition coefficient (Wildman–Crippen LogP) is 4.88. The van der Waals surface area contributed by atoms with Crippen LogP contribution in [0.1, 0.15) is 32.6 Å². The molecule has 160 valence electrons. The van der Waals surface area contributed by atoms with E-state index >= 15 is 0 Å². The molecule has 2 heterocycles. The van der Waals surface area contributed by atoms with E-state index in [4.69, 9.17) is 9.15 Å². The maximum absolute atomic E-state index is 12.8. The minimum atomic E-state index is -0.440. The Bertz CT molecular complexity index is 1360. The van der Waals surface area contributed by atoms with Crippen LogP contribution in [-0.4, -0.2) is 17.4 Å². The molecule has 0 atom stereocenters. The van der Waals surface area contributed by atoms with Crippen molar-refractivity contribution in [1.29, 1.82) is 0 Å². The molecule has 0 saturated heterocycles. The number of rotatable bonds is 4. The zero-order valence-corrected chi connectivity index (χ0v) is 17.8. The smallest absolute Gasteiger partial charge is 0.343 e. The first-order valence-electron chi connectivity index (χ1n) is 10.7. The number of ether oxygens (including phenoxy) is 1. The van der Waals surface area contributed by atoms with Crippen LogP contribution < -0.4 is 10.4 Å². The summed E-state index contributed by atoms with van der Waals surface area (Å²) in [4.78, 5) is 27.2. The molecule has 0 radical (unpaired) electrons. The molecular formula is C27H23NO4. The van der Waals surface area contributed by atoms with Crippen LogP contribution in [0.4, 0.5) is 0 Å². The average Bonchev–Trinajstić information content (AvgIpc) is 2.81. The fraction of sp³-hybridized carbons (Fsp3) is 0.185. The van der Waals surface area contributed by atoms with Crippen LogP contribution >= 0.6 is 0 Å². The van der Waals surface area contributed by atoms with E-state index in [1.165, 1.54) is 17.2 Å². The second kappa shape index (κ2) is 8.44. The quantitative estimate of drug-likeness (QED) is 0.265. The largest absolute Gasteiger partial charge is 0.422 e. The molecule has 1 aliphatic rings. The number of esters is 1. The molecule has 0 fully saturated rings. The summed E-state index contributed by atoms with van der Waals surface area (Å²) >= 11 is 0. The van der Waals surface area contributed by atoms with Gasteiger partial charge in [0, 0.05) is 31.1 Å². The topological polar surface area (TPSA) is 59.8 Å². The minimum absolute atomic E-state index is 0.410. The first kappa shape index (κ1) is 20.2. The summed E-state index contributed by atoms with van der Waals surface area (Å²) in [6.45, 7) is 4.05. The summed E-state index contributed by atoms with van der Waals surface area (Å²) in [5.74, 6) is -0.0239. The van der Waals surface area contributed by atoms with E-state index in [0.29, 0.717) is 29.0 Å². The van der Waals surface area contributed by atoms with Gasteiger partial charge in [0.1, 0.15) is 11.3 Å². The van der Waals surface area contributed by atoms with Gasteiger partial charge in [-0.25, -0.2) is 9.59 Å². The van der Waals surface area contributed by atoms with Crippen molar-refractivity contribution in [2.24, 2.45) is 0 Å². The second-order valence-corrected chi connectivity index (χ2v) is 8.15. The molecule has 0 spiro atoms. The van der Waals surface area contributed by atoms with Crippen LogP contribution in [-0.2, 0) is 19.5 Å². The van der Waals surface area contributed by atoms with Gasteiger partial charge >= 0.3 is 11.6 Å². The van der Waals surface area contributed by atoms with Crippen molar-refractivity contribution in [1.82, 2.24) is 4.90 Å². The number of hydrogen-bond donors (Lipinski definition) is 0. The van der Waals surface area contributed by atoms with Gasteiger partial charge in [-0.1, -0.05) is 42.5 Å². The minimum Gasteiger partial charge on any atom is -0.422 e. The van der Waals surface area contributed by atoms with Gasteiger partial charge in [0.15, 0.2) is 0 Å². The van der Waals surface area contributed by atoms with E-state index in [1.54, 1.807) is 30.3 Å². The second-order valence-electron chi connectivity index (χ2n) is 8.15. The first-order valence-corrected chi connectivity index (χ1v) is 10.7. The lowest BCUT2D eigenvalue weighted by Gasteiger charge is -2.29. The molecule has 5 rings (SSSR count). The van der Waals surface area contributed by atoms with Crippen molar-refractivity contribution >= 4 is 16.9 Å². The van der Waals surface area contributed by atoms with E-state index in [9.17, 15) is 9.59 Å². The molecule has 0 amide bonds. The maximum Gasteiger partial charge on any atom is 0.343 e. The number of hydrogen-bond acceptors (Lipinski definition) is 5. The molecule has 32 heavy (non-hydrogen) atoms. The lowest BCUT2D eigenvalue weighted by molar-refractivity contribution is 0.0731. The van der Waals surface area contributed by atoms with Crippen molar-refractivity contribution in [2.45, 2.75) is 26.4 Å². The van der Waals surface area contributed by atoms with Gasteiger partial charge in [-0.2, -0.15) is 0 Å². The highest BCUT2D eigenvalue weighted by Gasteiger charge is 2.22. The van der Waals surface area contributed by atoms with Crippen LogP contribution in [0.5, 0.6) is 5.75 Å². The molecular weight excluding hydrogens is 402 g/mol. The number of nitrogens with zero attached hydrogens (tertiary/aromatic N) is 1. The highest BCUT2D eigenvalue weighted by Crippen LogP contribution is 2.32. The van der Waals surface area contributed by atoms with E-state index in [1.807, 2.05) is 19.1 Å². The third-order valence-corrected chi connectivity index (χ3v) is 5.98. The van der Waals surface area contributed by atoms with Crippen LogP contribution in [0.15, 0.2) is 82.0 Å². The number of carbonyl (C=O) groups excluding carboxylic acids is 1. The Hall–Kier alpha value is -3.70. The number of fused-ring (bicyclic) bond motifs is 2. The van der Waals surface area contributed by atoms with Crippen molar-refractivity contribution in [3.63, 3.8) is 0 Å². The summed E-state index contributed by atoms with van der Waals surface area (Å²) < 4.78 is 11.4. The van der Waals surface area contributed by atoms with E-state index in [-0.39, 0.29) is 0 Å². The van der Waals surface area contributed by atoms with Crippen LogP contribution in [0, 0.1) is 6.92 Å². The summed E-state index contributed by atoms with van der Waals surface area (Å²) in [6, 6.07) is 22.4. The van der Waals surface area contributed by atoms with E-state index in [0.717, 1.165) is 30.5 Å². The van der Waals surface area contributed by atoms with Gasteiger partial charge in [-0.05, 0) is 54.3 Å². The molecule has 0 aliphatic carbocycles. The highest BCUT2D eigenvalue weighted by molar-refractivity contribution is 5.92. The fourth-order valence-corrected chi connectivity index (χ4v) is 4.31. The zero-order chi connectivity index (χ0) is 22.1. The van der Waals surface area contributed by atoms with Gasteiger partial charge < -0.3 is 9.15 Å². The standard InChI is InChI=1S/C27H23NO4/c1-18-15-25(29)32-26-22(18)11-12-24(31-27(30)20-8-3-2-4-9-20)23(26)17-28-14-13-19-7-5-6-10-21(19)16-28/h2-12,15H,13-14,16-17H2,1H3. The van der Waals surface area contributed by atoms with Crippen LogP contribution in [0.25, 0.3) is 11.0 Å². The Kier molecular flexibility index (Phi) is 5.33. The van der Waals surface area contributed by atoms with Crippen molar-refractivity contribution in [2.75, 3.05) is 6.54 Å². The highest BCUT2D eigenvalue weighted by atomic mass is 16.5. The Morgan fingerprint density at radius 1 is 1.00 bits per heavy atom. The summed E-state index contributed by atoms with van der Waals surface area (Å²) in [5.41, 5.74) is 4.74. The number of benzene rings is 3. The Balaban J connectivity index is 1.55. The maximum atomic E-state index is 12.8. The molecule has 0 saturated carbocycles. The van der Waals surface area contributed by atoms with E-state index in [2.05, 4.69) is 29.2 Å². The van der Waals surface area contributed by atoms with Crippen LogP contribution in [0.2, 0.25) is 0 Å². The summed E-state index contributed by atoms with van der Waals surface area (Å²) in [5, 5.41) is 0.844. The molecule has 3 aromatic carbocycles. The Morgan fingerprint density at radius 2 is 1.75 bits per heavy atom. The number of aryl methyl sites for hydroxylation is 1. The first-order chi connectivity index (χ1) is 15.6. The molecule has 4 aromatic rings. The third-order valence-electron chi connectivity index (χ3n) is 5.98. The van der Waals surface area contributed by atoms with Gasteiger partial charge in [0.2, 0.25) is 0 Å². The Morgan fingerprint density at radius 3 is 2.56 bits per heavy atom. The molecule has 1 aliphatic heterocycles. The third kappa shape index (κ3) is 3.95. The predicted molar refractivity (Wildman–Crippen MR) is 123 cm³/mol. The van der Waals surface area contributed by atoms with Gasteiger partial charge in [0.05, 0.1) is 11.1 Å². The zero-order valence-electron chi connectivity index (χ0n) is 17.8. The molecule has 1 aromatic heterocycles.